The Bertz CT molecular complexity index is 405. The van der Waals surface area contributed by atoms with Crippen LogP contribution >= 0.6 is 15.9 Å². The van der Waals surface area contributed by atoms with Gasteiger partial charge in [0.15, 0.2) is 5.96 Å². The largest absolute Gasteiger partial charge is 0.496 e. The first-order valence-electron chi connectivity index (χ1n) is 5.43. The molecule has 0 atom stereocenters. The quantitative estimate of drug-likeness (QED) is 0.664. The summed E-state index contributed by atoms with van der Waals surface area (Å²) in [6.07, 6.45) is 0. The number of benzene rings is 1. The van der Waals surface area contributed by atoms with Crippen molar-refractivity contribution in [2.75, 3.05) is 19.0 Å². The number of hydrogen-bond donors (Lipinski definition) is 2. The van der Waals surface area contributed by atoms with Gasteiger partial charge in [0.1, 0.15) is 5.75 Å². The minimum Gasteiger partial charge on any atom is -0.496 e. The SMILES string of the molecule is COc1ccc(NC(N)=NCC(C)C)cc1Br. The highest BCUT2D eigenvalue weighted by atomic mass is 79.9. The molecule has 1 aromatic rings. The van der Waals surface area contributed by atoms with Gasteiger partial charge < -0.3 is 15.8 Å². The van der Waals surface area contributed by atoms with Crippen molar-refractivity contribution in [1.29, 1.82) is 0 Å². The minimum atomic E-state index is 0.427. The summed E-state index contributed by atoms with van der Waals surface area (Å²) in [4.78, 5) is 4.23. The van der Waals surface area contributed by atoms with Gasteiger partial charge in [-0.1, -0.05) is 13.8 Å². The van der Waals surface area contributed by atoms with Crippen LogP contribution < -0.4 is 15.8 Å². The van der Waals surface area contributed by atoms with Gasteiger partial charge in [0.25, 0.3) is 0 Å². The maximum absolute atomic E-state index is 5.77. The molecule has 17 heavy (non-hydrogen) atoms. The van der Waals surface area contributed by atoms with Crippen LogP contribution in [0.3, 0.4) is 0 Å². The van der Waals surface area contributed by atoms with Crippen molar-refractivity contribution in [3.8, 4) is 5.75 Å². The molecular weight excluding hydrogens is 282 g/mol. The van der Waals surface area contributed by atoms with Gasteiger partial charge >= 0.3 is 0 Å². The molecule has 94 valence electrons. The van der Waals surface area contributed by atoms with Crippen LogP contribution in [-0.4, -0.2) is 19.6 Å². The number of guanidine groups is 1. The predicted octanol–water partition coefficient (Wildman–Crippen LogP) is 2.84. The summed E-state index contributed by atoms with van der Waals surface area (Å²) in [7, 11) is 1.63. The number of methoxy groups -OCH3 is 1. The van der Waals surface area contributed by atoms with Crippen molar-refractivity contribution in [1.82, 2.24) is 0 Å². The first-order valence-corrected chi connectivity index (χ1v) is 6.22. The molecule has 0 radical (unpaired) electrons. The van der Waals surface area contributed by atoms with Gasteiger partial charge in [0.05, 0.1) is 11.6 Å². The molecule has 0 spiro atoms. The number of nitrogens with two attached hydrogens (primary N) is 1. The summed E-state index contributed by atoms with van der Waals surface area (Å²) >= 11 is 3.41. The lowest BCUT2D eigenvalue weighted by molar-refractivity contribution is 0.412. The lowest BCUT2D eigenvalue weighted by atomic mass is 10.2. The van der Waals surface area contributed by atoms with E-state index in [0.717, 1.165) is 22.5 Å². The Morgan fingerprint density at radius 3 is 2.76 bits per heavy atom. The van der Waals surface area contributed by atoms with E-state index in [2.05, 4.69) is 40.1 Å². The summed E-state index contributed by atoms with van der Waals surface area (Å²) in [5.74, 6) is 1.71. The van der Waals surface area contributed by atoms with Crippen molar-refractivity contribution in [3.63, 3.8) is 0 Å². The van der Waals surface area contributed by atoms with E-state index in [1.165, 1.54) is 0 Å². The van der Waals surface area contributed by atoms with E-state index in [1.807, 2.05) is 18.2 Å². The van der Waals surface area contributed by atoms with Crippen LogP contribution in [0.2, 0.25) is 0 Å². The van der Waals surface area contributed by atoms with E-state index < -0.39 is 0 Å². The van der Waals surface area contributed by atoms with Crippen LogP contribution in [0.25, 0.3) is 0 Å². The maximum Gasteiger partial charge on any atom is 0.193 e. The third-order valence-corrected chi connectivity index (χ3v) is 2.67. The fraction of sp³-hybridized carbons (Fsp3) is 0.417. The number of ether oxygens (including phenoxy) is 1. The van der Waals surface area contributed by atoms with Gasteiger partial charge in [-0.15, -0.1) is 0 Å². The second-order valence-electron chi connectivity index (χ2n) is 4.09. The molecule has 0 bridgehead atoms. The third kappa shape index (κ3) is 4.65. The number of nitrogens with one attached hydrogen (secondary N) is 1. The summed E-state index contributed by atoms with van der Waals surface area (Å²) in [5, 5.41) is 3.03. The Kier molecular flexibility index (Phi) is 5.28. The lowest BCUT2D eigenvalue weighted by Gasteiger charge is -2.09. The molecule has 0 aliphatic heterocycles. The molecule has 5 heteroatoms. The molecule has 0 aliphatic rings. The van der Waals surface area contributed by atoms with Crippen LogP contribution in [0, 0.1) is 5.92 Å². The van der Waals surface area contributed by atoms with Gasteiger partial charge in [-0.3, -0.25) is 4.99 Å². The second-order valence-corrected chi connectivity index (χ2v) is 4.95. The normalized spacial score (nSPS) is 11.7. The smallest absolute Gasteiger partial charge is 0.193 e. The minimum absolute atomic E-state index is 0.427. The molecule has 4 nitrogen and oxygen atoms in total. The molecule has 0 unspecified atom stereocenters. The van der Waals surface area contributed by atoms with Crippen molar-refractivity contribution >= 4 is 27.6 Å². The Labute approximate surface area is 110 Å². The zero-order chi connectivity index (χ0) is 12.8. The molecule has 0 saturated carbocycles. The van der Waals surface area contributed by atoms with Crippen LogP contribution in [0.5, 0.6) is 5.75 Å². The van der Waals surface area contributed by atoms with Crippen molar-refractivity contribution in [2.24, 2.45) is 16.6 Å². The number of nitrogens with zero attached hydrogens (tertiary/aromatic N) is 1. The van der Waals surface area contributed by atoms with E-state index >= 15 is 0 Å². The van der Waals surface area contributed by atoms with Crippen LogP contribution in [0.4, 0.5) is 5.69 Å². The van der Waals surface area contributed by atoms with Gasteiger partial charge in [-0.05, 0) is 40.0 Å². The van der Waals surface area contributed by atoms with Gasteiger partial charge in [0.2, 0.25) is 0 Å². The number of hydrogen-bond acceptors (Lipinski definition) is 2. The summed E-state index contributed by atoms with van der Waals surface area (Å²) in [6, 6.07) is 5.65. The monoisotopic (exact) mass is 299 g/mol. The van der Waals surface area contributed by atoms with Crippen LogP contribution in [-0.2, 0) is 0 Å². The van der Waals surface area contributed by atoms with Gasteiger partial charge in [-0.2, -0.15) is 0 Å². The van der Waals surface area contributed by atoms with Crippen molar-refractivity contribution < 1.29 is 4.74 Å². The molecule has 1 aromatic carbocycles. The lowest BCUT2D eigenvalue weighted by Crippen LogP contribution is -2.23. The first-order chi connectivity index (χ1) is 8.02. The standard InChI is InChI=1S/C12H18BrN3O/c1-8(2)7-15-12(14)16-9-4-5-11(17-3)10(13)6-9/h4-6,8H,7H2,1-3H3,(H3,14,15,16). The summed E-state index contributed by atoms with van der Waals surface area (Å²) in [5.41, 5.74) is 6.64. The number of rotatable bonds is 4. The zero-order valence-corrected chi connectivity index (χ0v) is 11.9. The Balaban J connectivity index is 2.69. The molecule has 0 amide bonds. The average Bonchev–Trinajstić information content (AvgIpc) is 2.26. The summed E-state index contributed by atoms with van der Waals surface area (Å²) in [6.45, 7) is 4.91. The highest BCUT2D eigenvalue weighted by Gasteiger charge is 2.02. The molecule has 0 aromatic heterocycles. The molecule has 1 rings (SSSR count). The fourth-order valence-corrected chi connectivity index (χ4v) is 1.75. The highest BCUT2D eigenvalue weighted by Crippen LogP contribution is 2.27. The molecule has 3 N–H and O–H groups in total. The van der Waals surface area contributed by atoms with E-state index in [0.29, 0.717) is 11.9 Å². The van der Waals surface area contributed by atoms with Crippen LogP contribution in [0.15, 0.2) is 27.7 Å². The van der Waals surface area contributed by atoms with E-state index in [4.69, 9.17) is 10.5 Å². The van der Waals surface area contributed by atoms with Crippen molar-refractivity contribution in [3.05, 3.63) is 22.7 Å². The van der Waals surface area contributed by atoms with Crippen molar-refractivity contribution in [2.45, 2.75) is 13.8 Å². The van der Waals surface area contributed by atoms with E-state index in [-0.39, 0.29) is 0 Å². The highest BCUT2D eigenvalue weighted by molar-refractivity contribution is 9.10. The third-order valence-electron chi connectivity index (χ3n) is 2.05. The van der Waals surface area contributed by atoms with Gasteiger partial charge in [-0.25, -0.2) is 0 Å². The number of aliphatic imine (C=N–C) groups is 1. The zero-order valence-electron chi connectivity index (χ0n) is 10.3. The number of anilines is 1. The topological polar surface area (TPSA) is 59.6 Å². The number of halogens is 1. The molecule has 0 fully saturated rings. The van der Waals surface area contributed by atoms with Gasteiger partial charge in [0, 0.05) is 12.2 Å². The maximum atomic E-state index is 5.77. The van der Waals surface area contributed by atoms with E-state index in [1.54, 1.807) is 7.11 Å². The Morgan fingerprint density at radius 2 is 2.24 bits per heavy atom. The van der Waals surface area contributed by atoms with Crippen LogP contribution in [0.1, 0.15) is 13.8 Å². The molecular formula is C12H18BrN3O. The molecule has 0 heterocycles. The molecule has 0 aliphatic carbocycles. The Morgan fingerprint density at radius 1 is 1.53 bits per heavy atom. The Hall–Kier alpha value is -1.23. The fourth-order valence-electron chi connectivity index (χ4n) is 1.21. The average molecular weight is 300 g/mol. The summed E-state index contributed by atoms with van der Waals surface area (Å²) < 4.78 is 6.02. The second kappa shape index (κ2) is 6.49. The predicted molar refractivity (Wildman–Crippen MR) is 75.6 cm³/mol. The molecule has 0 saturated heterocycles. The first kappa shape index (κ1) is 13.8. The van der Waals surface area contributed by atoms with E-state index in [9.17, 15) is 0 Å².